The Kier molecular flexibility index (Phi) is 3.42. The number of nitrogens with zero attached hydrogens (tertiary/aromatic N) is 2. The van der Waals surface area contributed by atoms with Gasteiger partial charge in [0.05, 0.1) is 19.3 Å². The van der Waals surface area contributed by atoms with E-state index in [-0.39, 0.29) is 11.6 Å². The first-order chi connectivity index (χ1) is 10.8. The average Bonchev–Trinajstić information content (AvgIpc) is 3.05. The van der Waals surface area contributed by atoms with Gasteiger partial charge in [0.15, 0.2) is 5.49 Å². The lowest BCUT2D eigenvalue weighted by atomic mass is 10.1. The van der Waals surface area contributed by atoms with Crippen LogP contribution >= 0.6 is 0 Å². The Balaban J connectivity index is 1.34. The Morgan fingerprint density at radius 3 is 2.95 bits per heavy atom. The molecule has 5 nitrogen and oxygen atoms in total. The molecule has 2 aromatic rings. The summed E-state index contributed by atoms with van der Waals surface area (Å²) in [5.41, 5.74) is 1.47. The Hall–Kier alpha value is -2.14. The van der Waals surface area contributed by atoms with Crippen LogP contribution in [0.4, 0.5) is 0 Å². The van der Waals surface area contributed by atoms with Crippen LogP contribution in [-0.4, -0.2) is 22.3 Å². The Morgan fingerprint density at radius 2 is 2.09 bits per heavy atom. The molecule has 1 aliphatic carbocycles. The van der Waals surface area contributed by atoms with E-state index in [1.807, 2.05) is 24.4 Å². The third-order valence-corrected chi connectivity index (χ3v) is 4.48. The first kappa shape index (κ1) is 13.5. The fraction of sp³-hybridized carbons (Fsp3) is 0.412. The molecule has 1 aromatic heterocycles. The second kappa shape index (κ2) is 5.57. The first-order valence-corrected chi connectivity index (χ1v) is 7.72. The molecule has 1 saturated carbocycles. The van der Waals surface area contributed by atoms with Gasteiger partial charge in [0.2, 0.25) is 0 Å². The first-order valence-electron chi connectivity index (χ1n) is 7.72. The lowest BCUT2D eigenvalue weighted by Crippen LogP contribution is -2.14. The van der Waals surface area contributed by atoms with E-state index in [1.54, 1.807) is 6.07 Å². The third-order valence-electron chi connectivity index (χ3n) is 4.48. The fourth-order valence-electron chi connectivity index (χ4n) is 3.44. The second-order valence-corrected chi connectivity index (χ2v) is 6.06. The molecule has 1 aromatic carbocycles. The maximum atomic E-state index is 7.56. The summed E-state index contributed by atoms with van der Waals surface area (Å²) in [5, 5.41) is 7.56. The number of benzene rings is 1. The van der Waals surface area contributed by atoms with Crippen molar-refractivity contribution in [2.24, 2.45) is 5.92 Å². The summed E-state index contributed by atoms with van der Waals surface area (Å²) in [5.74, 6) is 0.523. The van der Waals surface area contributed by atoms with Gasteiger partial charge in [-0.1, -0.05) is 30.3 Å². The summed E-state index contributed by atoms with van der Waals surface area (Å²) < 4.78 is 13.8. The van der Waals surface area contributed by atoms with Crippen molar-refractivity contribution in [3.63, 3.8) is 0 Å². The van der Waals surface area contributed by atoms with Crippen molar-refractivity contribution in [3.05, 3.63) is 53.6 Å². The summed E-state index contributed by atoms with van der Waals surface area (Å²) in [6, 6.07) is 12.9. The highest BCUT2D eigenvalue weighted by molar-refractivity contribution is 5.13. The van der Waals surface area contributed by atoms with Crippen LogP contribution in [0.3, 0.4) is 0 Å². The number of ether oxygens (including phenoxy) is 2. The summed E-state index contributed by atoms with van der Waals surface area (Å²) >= 11 is 0. The van der Waals surface area contributed by atoms with Crippen molar-refractivity contribution in [2.45, 2.75) is 31.6 Å². The minimum atomic E-state index is 0.180. The maximum Gasteiger partial charge on any atom is 0.298 e. The number of rotatable bonds is 4. The molecule has 1 fully saturated rings. The lowest BCUT2D eigenvalue weighted by Gasteiger charge is -2.13. The van der Waals surface area contributed by atoms with E-state index in [0.29, 0.717) is 24.6 Å². The zero-order valence-corrected chi connectivity index (χ0v) is 12.3. The molecule has 22 heavy (non-hydrogen) atoms. The van der Waals surface area contributed by atoms with E-state index in [9.17, 15) is 0 Å². The topological polar surface area (TPSA) is 60.1 Å². The highest BCUT2D eigenvalue weighted by Crippen LogP contribution is 2.42. The van der Waals surface area contributed by atoms with Gasteiger partial charge >= 0.3 is 0 Å². The van der Waals surface area contributed by atoms with Crippen molar-refractivity contribution < 1.29 is 9.47 Å². The average molecular weight is 297 g/mol. The van der Waals surface area contributed by atoms with Crippen LogP contribution < -0.4 is 10.2 Å². The number of hydrogen-bond donors (Lipinski definition) is 1. The Bertz CT molecular complexity index is 713. The van der Waals surface area contributed by atoms with Gasteiger partial charge in [-0.25, -0.2) is 0 Å². The maximum absolute atomic E-state index is 7.56. The molecule has 0 unspecified atom stereocenters. The number of aromatic nitrogens is 2. The Morgan fingerprint density at radius 1 is 1.23 bits per heavy atom. The molecular weight excluding hydrogens is 278 g/mol. The van der Waals surface area contributed by atoms with Gasteiger partial charge in [-0.15, -0.1) is 0 Å². The molecule has 2 aliphatic rings. The van der Waals surface area contributed by atoms with Gasteiger partial charge in [-0.2, -0.15) is 4.98 Å². The van der Waals surface area contributed by atoms with E-state index in [4.69, 9.17) is 14.9 Å². The molecule has 0 bridgehead atoms. The predicted octanol–water partition coefficient (Wildman–Crippen LogP) is 2.29. The molecule has 0 amide bonds. The molecule has 0 saturated heterocycles. The number of fused-ring (bicyclic) bond motifs is 3. The van der Waals surface area contributed by atoms with E-state index < -0.39 is 0 Å². The highest BCUT2D eigenvalue weighted by Gasteiger charge is 2.42. The van der Waals surface area contributed by atoms with Crippen molar-refractivity contribution in [1.82, 2.24) is 9.55 Å². The van der Waals surface area contributed by atoms with Crippen molar-refractivity contribution in [1.29, 1.82) is 5.41 Å². The van der Waals surface area contributed by atoms with Crippen molar-refractivity contribution in [3.8, 4) is 6.01 Å². The van der Waals surface area contributed by atoms with Crippen LogP contribution in [0.1, 0.15) is 24.4 Å². The van der Waals surface area contributed by atoms with E-state index in [0.717, 1.165) is 19.4 Å². The lowest BCUT2D eigenvalue weighted by molar-refractivity contribution is 0.0830. The third kappa shape index (κ3) is 2.52. The molecule has 4 rings (SSSR count). The van der Waals surface area contributed by atoms with Gasteiger partial charge in [-0.3, -0.25) is 9.98 Å². The largest absolute Gasteiger partial charge is 0.459 e. The second-order valence-electron chi connectivity index (χ2n) is 6.06. The van der Waals surface area contributed by atoms with Gasteiger partial charge in [0.25, 0.3) is 6.01 Å². The van der Waals surface area contributed by atoms with Gasteiger partial charge < -0.3 is 9.47 Å². The summed E-state index contributed by atoms with van der Waals surface area (Å²) in [7, 11) is 0. The molecular formula is C17H19N3O2. The number of nitrogens with one attached hydrogen (secondary N) is 1. The van der Waals surface area contributed by atoms with Crippen LogP contribution in [0.5, 0.6) is 6.01 Å². The minimum absolute atomic E-state index is 0.180. The zero-order valence-electron chi connectivity index (χ0n) is 12.3. The van der Waals surface area contributed by atoms with Crippen LogP contribution in [-0.2, 0) is 11.3 Å². The molecule has 2 heterocycles. The molecule has 114 valence electrons. The Labute approximate surface area is 129 Å². The van der Waals surface area contributed by atoms with Gasteiger partial charge in [0.1, 0.15) is 6.10 Å². The summed E-state index contributed by atoms with van der Waals surface area (Å²) in [4.78, 5) is 4.14. The van der Waals surface area contributed by atoms with Crippen LogP contribution in [0.15, 0.2) is 42.6 Å². The monoisotopic (exact) mass is 297 g/mol. The molecule has 1 aliphatic heterocycles. The van der Waals surface area contributed by atoms with Gasteiger partial charge in [0, 0.05) is 6.20 Å². The van der Waals surface area contributed by atoms with Crippen LogP contribution in [0, 0.1) is 11.3 Å². The zero-order chi connectivity index (χ0) is 14.9. The van der Waals surface area contributed by atoms with Crippen molar-refractivity contribution in [2.75, 3.05) is 6.61 Å². The minimum Gasteiger partial charge on any atom is -0.459 e. The molecule has 3 atom stereocenters. The van der Waals surface area contributed by atoms with Crippen LogP contribution in [0.2, 0.25) is 0 Å². The quantitative estimate of drug-likeness (QED) is 0.942. The van der Waals surface area contributed by atoms with Crippen molar-refractivity contribution >= 4 is 0 Å². The highest BCUT2D eigenvalue weighted by atomic mass is 16.5. The SMILES string of the molecule is N=c1ccn2c(n1)O[C@H]1C[C@@H](COCc3ccccc3)C[C@H]12. The van der Waals surface area contributed by atoms with Crippen LogP contribution in [0.25, 0.3) is 0 Å². The number of hydrogen-bond acceptors (Lipinski definition) is 4. The van der Waals surface area contributed by atoms with E-state index in [1.165, 1.54) is 5.56 Å². The van der Waals surface area contributed by atoms with E-state index in [2.05, 4.69) is 21.7 Å². The summed E-state index contributed by atoms with van der Waals surface area (Å²) in [6.45, 7) is 1.44. The van der Waals surface area contributed by atoms with Gasteiger partial charge in [-0.05, 0) is 30.4 Å². The standard InChI is InChI=1S/C17H19N3O2/c18-16-6-7-20-14-8-13(9-15(14)22-17(20)19-16)11-21-10-12-4-2-1-3-5-12/h1-7,13-15,18H,8-11H2/t13-,14+,15-/m0/s1. The van der Waals surface area contributed by atoms with E-state index >= 15 is 0 Å². The molecule has 5 heteroatoms. The smallest absolute Gasteiger partial charge is 0.298 e. The summed E-state index contributed by atoms with van der Waals surface area (Å²) in [6.07, 6.45) is 4.15. The molecule has 0 radical (unpaired) electrons. The normalized spacial score (nSPS) is 25.5. The predicted molar refractivity (Wildman–Crippen MR) is 80.4 cm³/mol. The fourth-order valence-corrected chi connectivity index (χ4v) is 3.44. The molecule has 0 spiro atoms. The molecule has 1 N–H and O–H groups in total.